The van der Waals surface area contributed by atoms with Crippen molar-refractivity contribution in [3.05, 3.63) is 42.0 Å². The Morgan fingerprint density at radius 3 is 2.82 bits per heavy atom. The molecular weight excluding hydrogens is 234 g/mol. The average molecular weight is 245 g/mol. The van der Waals surface area contributed by atoms with Gasteiger partial charge in [0.2, 0.25) is 0 Å². The monoisotopic (exact) mass is 245 g/mol. The van der Waals surface area contributed by atoms with Gasteiger partial charge >= 0.3 is 0 Å². The van der Waals surface area contributed by atoms with Crippen molar-refractivity contribution in [1.29, 1.82) is 0 Å². The Kier molecular flexibility index (Phi) is 3.20. The normalized spacial score (nSPS) is 10.8. The maximum atomic E-state index is 10.0. The molecule has 5 heteroatoms. The number of phenolic OH excluding ortho intramolecular Hbond substituents is 1. The highest BCUT2D eigenvalue weighted by molar-refractivity contribution is 7.80. The molecule has 0 spiro atoms. The summed E-state index contributed by atoms with van der Waals surface area (Å²) in [4.78, 5) is 0. The lowest BCUT2D eigenvalue weighted by Crippen LogP contribution is -2.23. The predicted molar refractivity (Wildman–Crippen MR) is 73.1 cm³/mol. The van der Waals surface area contributed by atoms with Crippen LogP contribution in [-0.4, -0.2) is 16.4 Å². The Morgan fingerprint density at radius 2 is 2.06 bits per heavy atom. The summed E-state index contributed by atoms with van der Waals surface area (Å²) in [5.41, 5.74) is 8.27. The summed E-state index contributed by atoms with van der Waals surface area (Å²) >= 11 is 4.61. The minimum Gasteiger partial charge on any atom is -0.507 e. The highest BCUT2D eigenvalue weighted by Gasteiger charge is 2.03. The average Bonchev–Trinajstić information content (AvgIpc) is 2.32. The minimum absolute atomic E-state index is 0.0847. The van der Waals surface area contributed by atoms with Crippen LogP contribution < -0.4 is 11.2 Å². The second-order valence-corrected chi connectivity index (χ2v) is 3.90. The molecule has 4 N–H and O–H groups in total. The molecule has 0 fully saturated rings. The van der Waals surface area contributed by atoms with E-state index in [1.54, 1.807) is 6.07 Å². The highest BCUT2D eigenvalue weighted by Crippen LogP contribution is 2.27. The van der Waals surface area contributed by atoms with Crippen LogP contribution >= 0.6 is 12.2 Å². The SMILES string of the molecule is NC(=S)N/N=C/c1ccc2ccccc2c1O. The van der Waals surface area contributed by atoms with E-state index in [1.165, 1.54) is 6.21 Å². The van der Waals surface area contributed by atoms with E-state index in [9.17, 15) is 5.11 Å². The molecule has 0 bridgehead atoms. The topological polar surface area (TPSA) is 70.6 Å². The van der Waals surface area contributed by atoms with Gasteiger partial charge in [-0.05, 0) is 23.7 Å². The van der Waals surface area contributed by atoms with Crippen LogP contribution in [0.1, 0.15) is 5.56 Å². The van der Waals surface area contributed by atoms with Gasteiger partial charge in [0.1, 0.15) is 5.75 Å². The highest BCUT2D eigenvalue weighted by atomic mass is 32.1. The molecule has 0 saturated heterocycles. The van der Waals surface area contributed by atoms with Crippen molar-refractivity contribution < 1.29 is 5.11 Å². The number of hydrogen-bond donors (Lipinski definition) is 3. The fourth-order valence-electron chi connectivity index (χ4n) is 1.54. The lowest BCUT2D eigenvalue weighted by Gasteiger charge is -2.03. The first-order valence-corrected chi connectivity index (χ1v) is 5.38. The second kappa shape index (κ2) is 4.80. The molecule has 2 aromatic rings. The summed E-state index contributed by atoms with van der Waals surface area (Å²) in [6.45, 7) is 0. The number of nitrogens with two attached hydrogens (primary N) is 1. The smallest absolute Gasteiger partial charge is 0.184 e. The van der Waals surface area contributed by atoms with E-state index in [2.05, 4.69) is 22.7 Å². The van der Waals surface area contributed by atoms with Crippen LogP contribution in [0.25, 0.3) is 10.8 Å². The zero-order valence-electron chi connectivity index (χ0n) is 8.92. The standard InChI is InChI=1S/C12H11N3OS/c13-12(17)15-14-7-9-6-5-8-3-1-2-4-10(8)11(9)16/h1-7,16H,(H3,13,15,17)/b14-7+. The molecule has 0 saturated carbocycles. The van der Waals surface area contributed by atoms with Crippen molar-refractivity contribution in [2.75, 3.05) is 0 Å². The summed E-state index contributed by atoms with van der Waals surface area (Å²) in [6.07, 6.45) is 1.47. The molecule has 0 aliphatic heterocycles. The van der Waals surface area contributed by atoms with E-state index in [0.717, 1.165) is 10.8 Å². The summed E-state index contributed by atoms with van der Waals surface area (Å²) in [5, 5.41) is 15.7. The van der Waals surface area contributed by atoms with Crippen LogP contribution in [0, 0.1) is 0 Å². The molecule has 2 aromatic carbocycles. The Balaban J connectivity index is 2.39. The third kappa shape index (κ3) is 2.51. The zero-order valence-corrected chi connectivity index (χ0v) is 9.74. The maximum Gasteiger partial charge on any atom is 0.184 e. The van der Waals surface area contributed by atoms with Crippen molar-refractivity contribution >= 4 is 34.3 Å². The van der Waals surface area contributed by atoms with Crippen LogP contribution in [-0.2, 0) is 0 Å². The Morgan fingerprint density at radius 1 is 1.29 bits per heavy atom. The lowest BCUT2D eigenvalue weighted by atomic mass is 10.1. The van der Waals surface area contributed by atoms with Gasteiger partial charge in [-0.2, -0.15) is 5.10 Å². The molecule has 0 heterocycles. The van der Waals surface area contributed by atoms with Gasteiger partial charge in [-0.25, -0.2) is 0 Å². The van der Waals surface area contributed by atoms with Crippen molar-refractivity contribution in [3.63, 3.8) is 0 Å². The minimum atomic E-state index is 0.0847. The number of hydrogen-bond acceptors (Lipinski definition) is 3. The molecule has 0 unspecified atom stereocenters. The third-order valence-corrected chi connectivity index (χ3v) is 2.40. The van der Waals surface area contributed by atoms with Gasteiger partial charge in [0, 0.05) is 10.9 Å². The Bertz CT molecular complexity index is 595. The molecule has 0 aliphatic carbocycles. The molecule has 86 valence electrons. The first-order chi connectivity index (χ1) is 8.18. The van der Waals surface area contributed by atoms with E-state index in [0.29, 0.717) is 5.56 Å². The summed E-state index contributed by atoms with van der Waals surface area (Å²) in [7, 11) is 0. The Hall–Kier alpha value is -2.14. The molecular formula is C12H11N3OS. The largest absolute Gasteiger partial charge is 0.507 e. The van der Waals surface area contributed by atoms with Gasteiger partial charge in [-0.1, -0.05) is 30.3 Å². The van der Waals surface area contributed by atoms with Crippen LogP contribution in [0.3, 0.4) is 0 Å². The van der Waals surface area contributed by atoms with Crippen molar-refractivity contribution in [3.8, 4) is 5.75 Å². The van der Waals surface area contributed by atoms with E-state index >= 15 is 0 Å². The molecule has 0 aliphatic rings. The summed E-state index contributed by atoms with van der Waals surface area (Å²) in [5.74, 6) is 0.191. The summed E-state index contributed by atoms with van der Waals surface area (Å²) in [6, 6.07) is 11.3. The molecule has 0 radical (unpaired) electrons. The Labute approximate surface area is 104 Å². The number of phenols is 1. The van der Waals surface area contributed by atoms with E-state index < -0.39 is 0 Å². The number of aromatic hydroxyl groups is 1. The number of hydrazone groups is 1. The molecule has 4 nitrogen and oxygen atoms in total. The predicted octanol–water partition coefficient (Wildman–Crippen LogP) is 1.71. The quantitative estimate of drug-likeness (QED) is 0.428. The van der Waals surface area contributed by atoms with Gasteiger partial charge in [-0.3, -0.25) is 5.43 Å². The van der Waals surface area contributed by atoms with Crippen molar-refractivity contribution in [1.82, 2.24) is 5.43 Å². The first-order valence-electron chi connectivity index (χ1n) is 4.97. The number of nitrogens with zero attached hydrogens (tertiary/aromatic N) is 1. The number of benzene rings is 2. The van der Waals surface area contributed by atoms with E-state index in [-0.39, 0.29) is 10.9 Å². The van der Waals surface area contributed by atoms with Gasteiger partial charge in [0.15, 0.2) is 5.11 Å². The first kappa shape index (κ1) is 11.3. The van der Waals surface area contributed by atoms with Crippen LogP contribution in [0.4, 0.5) is 0 Å². The molecule has 0 amide bonds. The molecule has 17 heavy (non-hydrogen) atoms. The van der Waals surface area contributed by atoms with Crippen LogP contribution in [0.2, 0.25) is 0 Å². The number of rotatable bonds is 2. The molecule has 2 rings (SSSR count). The van der Waals surface area contributed by atoms with E-state index in [4.69, 9.17) is 5.73 Å². The fraction of sp³-hybridized carbons (Fsp3) is 0. The van der Waals surface area contributed by atoms with Gasteiger partial charge < -0.3 is 10.8 Å². The van der Waals surface area contributed by atoms with Crippen molar-refractivity contribution in [2.45, 2.75) is 0 Å². The summed E-state index contributed by atoms with van der Waals surface area (Å²) < 4.78 is 0. The number of thiocarbonyl (C=S) groups is 1. The third-order valence-electron chi connectivity index (χ3n) is 2.31. The van der Waals surface area contributed by atoms with Crippen LogP contribution in [0.15, 0.2) is 41.5 Å². The second-order valence-electron chi connectivity index (χ2n) is 3.46. The van der Waals surface area contributed by atoms with Crippen molar-refractivity contribution in [2.24, 2.45) is 10.8 Å². The maximum absolute atomic E-state index is 10.0. The lowest BCUT2D eigenvalue weighted by molar-refractivity contribution is 0.481. The van der Waals surface area contributed by atoms with E-state index in [1.807, 2.05) is 30.3 Å². The van der Waals surface area contributed by atoms with Gasteiger partial charge in [0.25, 0.3) is 0 Å². The zero-order chi connectivity index (χ0) is 12.3. The molecule has 0 aromatic heterocycles. The van der Waals surface area contributed by atoms with Gasteiger partial charge in [-0.15, -0.1) is 0 Å². The van der Waals surface area contributed by atoms with Crippen LogP contribution in [0.5, 0.6) is 5.75 Å². The number of fused-ring (bicyclic) bond motifs is 1. The van der Waals surface area contributed by atoms with Gasteiger partial charge in [0.05, 0.1) is 6.21 Å². The molecule has 0 atom stereocenters. The fourth-order valence-corrected chi connectivity index (χ4v) is 1.59. The number of nitrogens with one attached hydrogen (secondary N) is 1.